The van der Waals surface area contributed by atoms with Gasteiger partial charge in [0.15, 0.2) is 0 Å². The fraction of sp³-hybridized carbons (Fsp3) is 0. The van der Waals surface area contributed by atoms with E-state index in [1.807, 2.05) is 0 Å². The van der Waals surface area contributed by atoms with Crippen LogP contribution in [0.4, 0.5) is 25.1 Å². The van der Waals surface area contributed by atoms with E-state index in [1.165, 1.54) is 0 Å². The number of nitrogens with zero attached hydrogens (tertiary/aromatic N) is 1. The molecule has 4 nitrogen and oxygen atoms in total. The maximum atomic E-state index is 13.3. The van der Waals surface area contributed by atoms with Gasteiger partial charge in [0.2, 0.25) is 0 Å². The van der Waals surface area contributed by atoms with Crippen molar-refractivity contribution in [1.82, 2.24) is 4.98 Å². The summed E-state index contributed by atoms with van der Waals surface area (Å²) in [7, 11) is 0. The Hall–Kier alpha value is -2.02. The summed E-state index contributed by atoms with van der Waals surface area (Å²) in [5, 5.41) is 4.68. The van der Waals surface area contributed by atoms with Crippen LogP contribution in [0.25, 0.3) is 0 Å². The predicted molar refractivity (Wildman–Crippen MR) is 70.9 cm³/mol. The van der Waals surface area contributed by atoms with Gasteiger partial charge in [-0.25, -0.2) is 18.6 Å². The van der Waals surface area contributed by atoms with Gasteiger partial charge in [0.25, 0.3) is 0 Å². The molecule has 0 fully saturated rings. The number of carbonyl (C=O) groups is 1. The van der Waals surface area contributed by atoms with E-state index in [0.717, 1.165) is 12.1 Å². The molecule has 0 aliphatic carbocycles. The highest BCUT2D eigenvalue weighted by molar-refractivity contribution is 9.10. The molecule has 98 valence electrons. The Kier molecular flexibility index (Phi) is 4.06. The lowest BCUT2D eigenvalue weighted by Gasteiger charge is -2.08. The highest BCUT2D eigenvalue weighted by atomic mass is 79.9. The summed E-state index contributed by atoms with van der Waals surface area (Å²) in [4.78, 5) is 15.6. The van der Waals surface area contributed by atoms with Gasteiger partial charge in [0.05, 0.1) is 5.69 Å². The lowest BCUT2D eigenvalue weighted by molar-refractivity contribution is 0.262. The third-order valence-corrected chi connectivity index (χ3v) is 2.58. The Balaban J connectivity index is 2.05. The zero-order valence-corrected chi connectivity index (χ0v) is 11.0. The number of aromatic nitrogens is 1. The van der Waals surface area contributed by atoms with Crippen molar-refractivity contribution < 1.29 is 13.6 Å². The Bertz CT molecular complexity index is 622. The van der Waals surface area contributed by atoms with Crippen LogP contribution in [-0.4, -0.2) is 11.0 Å². The average Bonchev–Trinajstić information content (AvgIpc) is 2.33. The largest absolute Gasteiger partial charge is 0.324 e. The molecule has 0 saturated heterocycles. The molecule has 2 aromatic rings. The second-order valence-electron chi connectivity index (χ2n) is 3.55. The molecule has 0 spiro atoms. The molecular formula is C12H8BrF2N3O. The van der Waals surface area contributed by atoms with Crippen LogP contribution < -0.4 is 10.6 Å². The van der Waals surface area contributed by atoms with Crippen molar-refractivity contribution in [2.24, 2.45) is 0 Å². The number of anilines is 2. The summed E-state index contributed by atoms with van der Waals surface area (Å²) in [5.74, 6) is -1.26. The number of pyridine rings is 1. The molecule has 19 heavy (non-hydrogen) atoms. The smallest absolute Gasteiger partial charge is 0.305 e. The van der Waals surface area contributed by atoms with E-state index >= 15 is 0 Å². The molecule has 1 aromatic carbocycles. The van der Waals surface area contributed by atoms with Gasteiger partial charge in [-0.15, -0.1) is 0 Å². The minimum absolute atomic E-state index is 0.117. The lowest BCUT2D eigenvalue weighted by atomic mass is 10.3. The monoisotopic (exact) mass is 327 g/mol. The van der Waals surface area contributed by atoms with Gasteiger partial charge in [-0.1, -0.05) is 6.07 Å². The molecule has 0 aliphatic rings. The highest BCUT2D eigenvalue weighted by Crippen LogP contribution is 2.15. The summed E-state index contributed by atoms with van der Waals surface area (Å²) < 4.78 is 26.6. The van der Waals surface area contributed by atoms with Crippen molar-refractivity contribution in [1.29, 1.82) is 0 Å². The van der Waals surface area contributed by atoms with E-state index in [2.05, 4.69) is 31.5 Å². The van der Waals surface area contributed by atoms with Gasteiger partial charge >= 0.3 is 6.03 Å². The molecule has 0 unspecified atom stereocenters. The van der Waals surface area contributed by atoms with Crippen LogP contribution in [0.3, 0.4) is 0 Å². The van der Waals surface area contributed by atoms with E-state index in [9.17, 15) is 13.6 Å². The first-order chi connectivity index (χ1) is 9.04. The number of nitrogens with one attached hydrogen (secondary N) is 2. The second kappa shape index (κ2) is 5.75. The van der Waals surface area contributed by atoms with Gasteiger partial charge in [-0.05, 0) is 40.2 Å². The summed E-state index contributed by atoms with van der Waals surface area (Å²) in [6.45, 7) is 0. The maximum Gasteiger partial charge on any atom is 0.324 e. The molecule has 2 N–H and O–H groups in total. The van der Waals surface area contributed by atoms with Crippen molar-refractivity contribution in [3.05, 3.63) is 52.6 Å². The standard InChI is InChI=1S/C12H8BrF2N3O/c13-10-2-1-3-11(17-10)18-12(19)16-9-5-4-7(14)6-8(9)15/h1-6H,(H2,16,17,18,19). The topological polar surface area (TPSA) is 54.0 Å². The third kappa shape index (κ3) is 3.72. The molecule has 1 aromatic heterocycles. The number of amides is 2. The highest BCUT2D eigenvalue weighted by Gasteiger charge is 2.08. The molecule has 0 bridgehead atoms. The first kappa shape index (κ1) is 13.4. The predicted octanol–water partition coefficient (Wildman–Crippen LogP) is 3.77. The summed E-state index contributed by atoms with van der Waals surface area (Å²) >= 11 is 3.15. The van der Waals surface area contributed by atoms with Crippen molar-refractivity contribution in [3.63, 3.8) is 0 Å². The first-order valence-corrected chi connectivity index (χ1v) is 5.99. The summed E-state index contributed by atoms with van der Waals surface area (Å²) in [6, 6.07) is 7.16. The molecular weight excluding hydrogens is 320 g/mol. The Labute approximate surface area is 116 Å². The van der Waals surface area contributed by atoms with Crippen LogP contribution in [0.2, 0.25) is 0 Å². The van der Waals surface area contributed by atoms with Crippen LogP contribution in [0, 0.1) is 11.6 Å². The number of rotatable bonds is 2. The van der Waals surface area contributed by atoms with Crippen molar-refractivity contribution in [3.8, 4) is 0 Å². The Morgan fingerprint density at radius 3 is 2.63 bits per heavy atom. The van der Waals surface area contributed by atoms with Crippen molar-refractivity contribution in [2.75, 3.05) is 10.6 Å². The van der Waals surface area contributed by atoms with Crippen LogP contribution in [0.5, 0.6) is 0 Å². The normalized spacial score (nSPS) is 10.1. The average molecular weight is 328 g/mol. The fourth-order valence-corrected chi connectivity index (χ4v) is 1.68. The summed E-state index contributed by atoms with van der Waals surface area (Å²) in [5.41, 5.74) is -0.117. The van der Waals surface area contributed by atoms with Crippen molar-refractivity contribution >= 4 is 33.5 Å². The van der Waals surface area contributed by atoms with E-state index in [0.29, 0.717) is 16.5 Å². The van der Waals surface area contributed by atoms with Gasteiger partial charge in [-0.2, -0.15) is 0 Å². The fourth-order valence-electron chi connectivity index (χ4n) is 1.34. The van der Waals surface area contributed by atoms with Gasteiger partial charge in [-0.3, -0.25) is 5.32 Å². The molecule has 7 heteroatoms. The van der Waals surface area contributed by atoms with Crippen LogP contribution in [0.1, 0.15) is 0 Å². The quantitative estimate of drug-likeness (QED) is 0.825. The number of hydrogen-bond donors (Lipinski definition) is 2. The number of urea groups is 1. The molecule has 0 atom stereocenters. The molecule has 2 amide bonds. The molecule has 1 heterocycles. The van der Waals surface area contributed by atoms with E-state index in [-0.39, 0.29) is 5.69 Å². The van der Waals surface area contributed by atoms with Crippen LogP contribution >= 0.6 is 15.9 Å². The van der Waals surface area contributed by atoms with Crippen LogP contribution in [-0.2, 0) is 0 Å². The molecule has 0 saturated carbocycles. The number of halogens is 3. The second-order valence-corrected chi connectivity index (χ2v) is 4.36. The SMILES string of the molecule is O=C(Nc1cccc(Br)n1)Nc1ccc(F)cc1F. The Morgan fingerprint density at radius 2 is 1.95 bits per heavy atom. The number of benzene rings is 1. The maximum absolute atomic E-state index is 13.3. The van der Waals surface area contributed by atoms with Gasteiger partial charge in [0.1, 0.15) is 22.1 Å². The molecule has 0 radical (unpaired) electrons. The number of hydrogen-bond acceptors (Lipinski definition) is 2. The Morgan fingerprint density at radius 1 is 1.16 bits per heavy atom. The minimum Gasteiger partial charge on any atom is -0.305 e. The summed E-state index contributed by atoms with van der Waals surface area (Å²) in [6.07, 6.45) is 0. The van der Waals surface area contributed by atoms with Crippen LogP contribution in [0.15, 0.2) is 41.0 Å². The molecule has 2 rings (SSSR count). The minimum atomic E-state index is -0.850. The lowest BCUT2D eigenvalue weighted by Crippen LogP contribution is -2.20. The van der Waals surface area contributed by atoms with Gasteiger partial charge in [0, 0.05) is 6.07 Å². The van der Waals surface area contributed by atoms with E-state index in [1.54, 1.807) is 18.2 Å². The zero-order chi connectivity index (χ0) is 13.8. The van der Waals surface area contributed by atoms with E-state index < -0.39 is 17.7 Å². The van der Waals surface area contributed by atoms with E-state index in [4.69, 9.17) is 0 Å². The first-order valence-electron chi connectivity index (χ1n) is 5.20. The zero-order valence-electron chi connectivity index (χ0n) is 9.45. The number of carbonyl (C=O) groups excluding carboxylic acids is 1. The third-order valence-electron chi connectivity index (χ3n) is 2.14. The van der Waals surface area contributed by atoms with Crippen molar-refractivity contribution in [2.45, 2.75) is 0 Å². The van der Waals surface area contributed by atoms with Gasteiger partial charge < -0.3 is 5.32 Å². The molecule has 0 aliphatic heterocycles.